The molecule has 9 nitrogen and oxygen atoms in total. The molecule has 162 valence electrons. The van der Waals surface area contributed by atoms with E-state index in [9.17, 15) is 9.59 Å². The first-order valence-corrected chi connectivity index (χ1v) is 10.5. The first-order chi connectivity index (χ1) is 15.0. The minimum atomic E-state index is -0.111. The summed E-state index contributed by atoms with van der Waals surface area (Å²) in [5.74, 6) is 1.08. The van der Waals surface area contributed by atoms with Crippen molar-refractivity contribution in [1.82, 2.24) is 24.5 Å². The summed E-state index contributed by atoms with van der Waals surface area (Å²) in [6, 6.07) is 5.88. The van der Waals surface area contributed by atoms with Crippen LogP contribution in [0.1, 0.15) is 45.5 Å². The number of aryl methyl sites for hydroxylation is 1. The summed E-state index contributed by atoms with van der Waals surface area (Å²) >= 11 is 0. The molecule has 5 rings (SSSR count). The number of carbonyl (C=O) groups is 1. The van der Waals surface area contributed by atoms with Gasteiger partial charge >= 0.3 is 0 Å². The van der Waals surface area contributed by atoms with Crippen LogP contribution in [-0.2, 0) is 19.6 Å². The van der Waals surface area contributed by atoms with Crippen LogP contribution in [0.5, 0.6) is 0 Å². The molecule has 2 aliphatic rings. The summed E-state index contributed by atoms with van der Waals surface area (Å²) in [6.45, 7) is 4.86. The maximum Gasteiger partial charge on any atom is 0.275 e. The molecule has 3 aromatic heterocycles. The Morgan fingerprint density at radius 3 is 2.87 bits per heavy atom. The van der Waals surface area contributed by atoms with Gasteiger partial charge in [-0.1, -0.05) is 11.2 Å². The third kappa shape index (κ3) is 3.81. The highest BCUT2D eigenvalue weighted by Crippen LogP contribution is 2.35. The summed E-state index contributed by atoms with van der Waals surface area (Å²) in [5.41, 5.74) is 3.01. The van der Waals surface area contributed by atoms with Gasteiger partial charge in [-0.15, -0.1) is 0 Å². The number of piperidine rings is 1. The molecule has 1 saturated heterocycles. The highest BCUT2D eigenvalue weighted by molar-refractivity contribution is 5.92. The van der Waals surface area contributed by atoms with E-state index in [0.29, 0.717) is 38.4 Å². The number of fused-ring (bicyclic) bond motifs is 4. The summed E-state index contributed by atoms with van der Waals surface area (Å²) in [7, 11) is 1.96. The zero-order chi connectivity index (χ0) is 21.5. The summed E-state index contributed by atoms with van der Waals surface area (Å²) < 4.78 is 12.2. The highest BCUT2D eigenvalue weighted by atomic mass is 16.5. The molecule has 5 heterocycles. The molecule has 0 unspecified atom stereocenters. The molecule has 0 radical (unpaired) electrons. The molecule has 1 amide bonds. The van der Waals surface area contributed by atoms with Crippen LogP contribution in [0.2, 0.25) is 0 Å². The van der Waals surface area contributed by atoms with Crippen LogP contribution in [-0.4, -0.2) is 50.6 Å². The maximum absolute atomic E-state index is 13.2. The normalized spacial score (nSPS) is 20.2. The molecule has 2 atom stereocenters. The Morgan fingerprint density at radius 2 is 2.13 bits per heavy atom. The molecule has 0 saturated carbocycles. The van der Waals surface area contributed by atoms with E-state index in [4.69, 9.17) is 8.94 Å². The minimum absolute atomic E-state index is 0.0593. The first-order valence-electron chi connectivity index (χ1n) is 10.5. The molecule has 3 aromatic rings. The van der Waals surface area contributed by atoms with Gasteiger partial charge in [0.2, 0.25) is 0 Å². The van der Waals surface area contributed by atoms with Crippen LogP contribution in [0.4, 0.5) is 0 Å². The van der Waals surface area contributed by atoms with Gasteiger partial charge in [0.05, 0.1) is 12.2 Å². The van der Waals surface area contributed by atoms with E-state index in [1.165, 1.54) is 12.7 Å². The van der Waals surface area contributed by atoms with Gasteiger partial charge < -0.3 is 18.4 Å². The molecule has 31 heavy (non-hydrogen) atoms. The van der Waals surface area contributed by atoms with Crippen LogP contribution < -0.4 is 5.56 Å². The van der Waals surface area contributed by atoms with Crippen molar-refractivity contribution in [2.24, 2.45) is 5.92 Å². The fourth-order valence-corrected chi connectivity index (χ4v) is 4.86. The number of hydrogen-bond acceptors (Lipinski definition) is 7. The van der Waals surface area contributed by atoms with Crippen molar-refractivity contribution < 1.29 is 13.7 Å². The number of rotatable bonds is 5. The maximum atomic E-state index is 13.2. The van der Waals surface area contributed by atoms with Gasteiger partial charge in [0.1, 0.15) is 6.26 Å². The fraction of sp³-hybridized carbons (Fsp3) is 0.455. The van der Waals surface area contributed by atoms with E-state index in [1.807, 2.05) is 46.5 Å². The molecule has 9 heteroatoms. The average Bonchev–Trinajstić information content (AvgIpc) is 3.42. The molecular weight excluding hydrogens is 398 g/mol. The second kappa shape index (κ2) is 7.81. The topological polar surface area (TPSA) is 97.6 Å². The molecule has 0 N–H and O–H groups in total. The Balaban J connectivity index is 1.33. The van der Waals surface area contributed by atoms with Gasteiger partial charge in [-0.3, -0.25) is 14.5 Å². The van der Waals surface area contributed by atoms with Crippen LogP contribution >= 0.6 is 0 Å². The Labute approximate surface area is 179 Å². The summed E-state index contributed by atoms with van der Waals surface area (Å²) in [5, 5.41) is 3.91. The number of carbonyl (C=O) groups excluding carboxylic acids is 1. The Morgan fingerprint density at radius 1 is 1.26 bits per heavy atom. The standard InChI is InChI=1S/C22H25N5O4/c1-14-5-18(31-24-14)11-25(2)9-16-3-4-20-17-6-15(8-27(20)21(16)28)7-26(10-17)22(29)19-12-30-13-23-19/h3-5,12-13,15,17H,6-11H2,1-2H3/t15-,17+/m0/s1. The van der Waals surface area contributed by atoms with E-state index in [1.54, 1.807) is 0 Å². The lowest BCUT2D eigenvalue weighted by Gasteiger charge is -2.42. The largest absolute Gasteiger partial charge is 0.451 e. The van der Waals surface area contributed by atoms with Crippen molar-refractivity contribution in [3.05, 3.63) is 69.6 Å². The Hall–Kier alpha value is -3.20. The van der Waals surface area contributed by atoms with E-state index in [2.05, 4.69) is 10.1 Å². The quantitative estimate of drug-likeness (QED) is 0.619. The van der Waals surface area contributed by atoms with Crippen LogP contribution in [0.3, 0.4) is 0 Å². The number of oxazole rings is 1. The van der Waals surface area contributed by atoms with Crippen LogP contribution in [0, 0.1) is 12.8 Å². The van der Waals surface area contributed by atoms with Crippen LogP contribution in [0.15, 0.2) is 44.6 Å². The Bertz CT molecular complexity index is 1150. The third-order valence-electron chi connectivity index (χ3n) is 6.16. The lowest BCUT2D eigenvalue weighted by molar-refractivity contribution is 0.0588. The SMILES string of the molecule is Cc1cc(CN(C)Cc2ccc3n(c2=O)C[C@H]2C[C@@H]3CN(C(=O)c3cocn3)C2)on1. The lowest BCUT2D eigenvalue weighted by atomic mass is 9.83. The average molecular weight is 423 g/mol. The predicted molar refractivity (Wildman–Crippen MR) is 110 cm³/mol. The lowest BCUT2D eigenvalue weighted by Crippen LogP contribution is -2.49. The van der Waals surface area contributed by atoms with E-state index in [-0.39, 0.29) is 23.3 Å². The monoisotopic (exact) mass is 423 g/mol. The highest BCUT2D eigenvalue weighted by Gasteiger charge is 2.37. The Kier molecular flexibility index (Phi) is 4.97. The van der Waals surface area contributed by atoms with Gasteiger partial charge in [-0.25, -0.2) is 4.98 Å². The van der Waals surface area contributed by atoms with Crippen molar-refractivity contribution >= 4 is 5.91 Å². The van der Waals surface area contributed by atoms with Crippen molar-refractivity contribution in [3.8, 4) is 0 Å². The molecule has 0 aliphatic carbocycles. The zero-order valence-corrected chi connectivity index (χ0v) is 17.7. The smallest absolute Gasteiger partial charge is 0.275 e. The predicted octanol–water partition coefficient (Wildman–Crippen LogP) is 2.02. The first kappa shape index (κ1) is 19.7. The number of pyridine rings is 1. The van der Waals surface area contributed by atoms with E-state index in [0.717, 1.165) is 29.1 Å². The number of hydrogen-bond donors (Lipinski definition) is 0. The molecule has 1 fully saturated rings. The second-order valence-corrected chi connectivity index (χ2v) is 8.69. The minimum Gasteiger partial charge on any atom is -0.451 e. The van der Waals surface area contributed by atoms with Crippen molar-refractivity contribution in [2.45, 2.75) is 38.9 Å². The number of amides is 1. The van der Waals surface area contributed by atoms with Gasteiger partial charge in [0.25, 0.3) is 11.5 Å². The summed E-state index contributed by atoms with van der Waals surface area (Å²) in [4.78, 5) is 33.8. The number of likely N-dealkylation sites (tertiary alicyclic amines) is 1. The van der Waals surface area contributed by atoms with Gasteiger partial charge in [-0.2, -0.15) is 0 Å². The molecule has 0 aromatic carbocycles. The van der Waals surface area contributed by atoms with E-state index >= 15 is 0 Å². The molecule has 2 aliphatic heterocycles. The van der Waals surface area contributed by atoms with Gasteiger partial charge in [0.15, 0.2) is 17.8 Å². The van der Waals surface area contributed by atoms with Crippen LogP contribution in [0.25, 0.3) is 0 Å². The fourth-order valence-electron chi connectivity index (χ4n) is 4.86. The van der Waals surface area contributed by atoms with Gasteiger partial charge in [-0.05, 0) is 32.4 Å². The van der Waals surface area contributed by atoms with Crippen molar-refractivity contribution in [3.63, 3.8) is 0 Å². The van der Waals surface area contributed by atoms with E-state index < -0.39 is 0 Å². The molecule has 2 bridgehead atoms. The zero-order valence-electron chi connectivity index (χ0n) is 17.7. The van der Waals surface area contributed by atoms with Gasteiger partial charge in [0, 0.05) is 49.4 Å². The molecular formula is C22H25N5O4. The second-order valence-electron chi connectivity index (χ2n) is 8.69. The molecule has 0 spiro atoms. The number of nitrogens with zero attached hydrogens (tertiary/aromatic N) is 5. The third-order valence-corrected chi connectivity index (χ3v) is 6.16. The van der Waals surface area contributed by atoms with Crippen molar-refractivity contribution in [1.29, 1.82) is 0 Å². The van der Waals surface area contributed by atoms with Crippen molar-refractivity contribution in [2.75, 3.05) is 20.1 Å². The number of aromatic nitrogens is 3. The summed E-state index contributed by atoms with van der Waals surface area (Å²) in [6.07, 6.45) is 3.65.